The zero-order valence-electron chi connectivity index (χ0n) is 40.5. The number of allylic oxidation sites excluding steroid dienone is 10. The Balaban J connectivity index is 0.000000375. The first kappa shape index (κ1) is 49.9. The quantitative estimate of drug-likeness (QED) is 0.0544. The third-order valence-corrected chi connectivity index (χ3v) is 10.6. The summed E-state index contributed by atoms with van der Waals surface area (Å²) in [6.45, 7) is 16.2. The highest BCUT2D eigenvalue weighted by atomic mass is 14.1. The predicted molar refractivity (Wildman–Crippen MR) is 298 cm³/mol. The molecular formula is C67H62. The Morgan fingerprint density at radius 2 is 0.716 bits per heavy atom. The molecule has 0 aliphatic heterocycles. The van der Waals surface area contributed by atoms with E-state index in [4.69, 9.17) is 0 Å². The van der Waals surface area contributed by atoms with Gasteiger partial charge < -0.3 is 0 Å². The van der Waals surface area contributed by atoms with E-state index in [0.29, 0.717) is 0 Å². The van der Waals surface area contributed by atoms with Crippen LogP contribution in [0.5, 0.6) is 0 Å². The maximum atomic E-state index is 3.33. The molecule has 0 bridgehead atoms. The fourth-order valence-corrected chi connectivity index (χ4v) is 6.66. The molecule has 0 nitrogen and oxygen atoms in total. The number of benzene rings is 8. The lowest BCUT2D eigenvalue weighted by atomic mass is 9.99. The van der Waals surface area contributed by atoms with E-state index < -0.39 is 0 Å². The normalized spacial score (nSPS) is 10.9. The molecule has 0 heteroatoms. The summed E-state index contributed by atoms with van der Waals surface area (Å²) in [5, 5.41) is 9.77. The molecule has 330 valence electrons. The molecule has 0 saturated carbocycles. The molecule has 0 unspecified atom stereocenters. The third kappa shape index (κ3) is 16.5. The van der Waals surface area contributed by atoms with Gasteiger partial charge in [-0.3, -0.25) is 0 Å². The molecule has 0 aliphatic carbocycles. The summed E-state index contributed by atoms with van der Waals surface area (Å²) in [5.74, 6) is 19.2. The van der Waals surface area contributed by atoms with Gasteiger partial charge in [0, 0.05) is 28.7 Å². The zero-order valence-corrected chi connectivity index (χ0v) is 40.5. The van der Waals surface area contributed by atoms with E-state index in [-0.39, 0.29) is 0 Å². The molecule has 0 heterocycles. The molecule has 0 N–H and O–H groups in total. The lowest BCUT2D eigenvalue weighted by Crippen LogP contribution is -1.82. The van der Waals surface area contributed by atoms with Crippen molar-refractivity contribution in [1.29, 1.82) is 0 Å². The molecule has 0 saturated heterocycles. The summed E-state index contributed by atoms with van der Waals surface area (Å²) < 4.78 is 0. The zero-order chi connectivity index (χ0) is 47.6. The average molecular weight is 867 g/mol. The van der Waals surface area contributed by atoms with Crippen LogP contribution < -0.4 is 0 Å². The number of rotatable bonds is 4. The van der Waals surface area contributed by atoms with Crippen LogP contribution in [0.25, 0.3) is 55.2 Å². The van der Waals surface area contributed by atoms with Gasteiger partial charge in [-0.15, -0.1) is 0 Å². The molecule has 8 aromatic carbocycles. The van der Waals surface area contributed by atoms with Gasteiger partial charge in [-0.1, -0.05) is 174 Å². The lowest BCUT2D eigenvalue weighted by Gasteiger charge is -2.06. The molecule has 8 aromatic rings. The SMILES string of the molecule is C/C=C\C.C/C=C\C.C/C=C\CC#C/C=C/C=C/C.Cc1ccc(C#Cc2ccc3cc4cc(/C=C/c5ccc6cc7cc(C#Cc8ccc(C)cc8)ccc7cc6c5)ccc4cc3c2)cc1. The number of fused-ring (bicyclic) bond motifs is 4. The first-order valence-corrected chi connectivity index (χ1v) is 23.1. The minimum atomic E-state index is 0.844. The minimum Gasteiger partial charge on any atom is -0.0944 e. The third-order valence-electron chi connectivity index (χ3n) is 10.6. The van der Waals surface area contributed by atoms with Crippen molar-refractivity contribution in [3.8, 4) is 35.5 Å². The highest BCUT2D eigenvalue weighted by molar-refractivity contribution is 6.01. The lowest BCUT2D eigenvalue weighted by molar-refractivity contribution is 1.45. The second kappa shape index (κ2) is 27.3. The van der Waals surface area contributed by atoms with E-state index >= 15 is 0 Å². The standard InChI is InChI=1S/C48H32.C11H14.2C4H8/c1-33-3-7-35(8-4-33)11-13-37-17-21-41-31-47-27-39(19-23-43(47)29-45(41)25-37)15-16-40-20-24-44-30-46-26-38(18-22-42(46)32-48(44)28-40)14-12-36-9-5-34(2)6-10-36;1-3-5-7-9-11-10-8-6-4-2;2*1-3-4-2/h3-10,15-32H,1-2H3;3-7,9H,8H2,1-2H3;2*3-4H,1-2H3/b16-15+;5-3+,6-4-,9-7+;2*4-3-. The van der Waals surface area contributed by atoms with Crippen LogP contribution in [0.3, 0.4) is 0 Å². The van der Waals surface area contributed by atoms with Gasteiger partial charge in [-0.2, -0.15) is 0 Å². The largest absolute Gasteiger partial charge is 0.0944 e. The minimum absolute atomic E-state index is 0.844. The molecule has 67 heavy (non-hydrogen) atoms. The topological polar surface area (TPSA) is 0 Å². The van der Waals surface area contributed by atoms with Gasteiger partial charge in [-0.05, 0) is 201 Å². The average Bonchev–Trinajstić information content (AvgIpc) is 3.36. The summed E-state index contributed by atoms with van der Waals surface area (Å²) in [7, 11) is 0. The van der Waals surface area contributed by atoms with Crippen molar-refractivity contribution in [2.45, 2.75) is 61.8 Å². The van der Waals surface area contributed by atoms with Crippen molar-refractivity contribution >= 4 is 55.2 Å². The fraction of sp³-hybridized carbons (Fsp3) is 0.134. The van der Waals surface area contributed by atoms with Crippen molar-refractivity contribution in [1.82, 2.24) is 0 Å². The molecule has 0 amide bonds. The summed E-state index contributed by atoms with van der Waals surface area (Å²) in [6.07, 6.45) is 25.0. The summed E-state index contributed by atoms with van der Waals surface area (Å²) in [5.41, 5.74) is 8.97. The van der Waals surface area contributed by atoms with E-state index in [1.165, 1.54) is 65.3 Å². The van der Waals surface area contributed by atoms with E-state index in [1.54, 1.807) is 0 Å². The van der Waals surface area contributed by atoms with E-state index in [0.717, 1.165) is 28.7 Å². The van der Waals surface area contributed by atoms with Crippen molar-refractivity contribution < 1.29 is 0 Å². The van der Waals surface area contributed by atoms with Crippen LogP contribution in [-0.4, -0.2) is 0 Å². The summed E-state index contributed by atoms with van der Waals surface area (Å²) in [4.78, 5) is 0. The van der Waals surface area contributed by atoms with Crippen molar-refractivity contribution in [3.05, 3.63) is 251 Å². The molecule has 8 rings (SSSR count). The van der Waals surface area contributed by atoms with Gasteiger partial charge in [0.25, 0.3) is 0 Å². The van der Waals surface area contributed by atoms with Crippen LogP contribution in [0.1, 0.15) is 92.5 Å². The van der Waals surface area contributed by atoms with E-state index in [1.807, 2.05) is 102 Å². The van der Waals surface area contributed by atoms with Gasteiger partial charge in [0.2, 0.25) is 0 Å². The monoisotopic (exact) mass is 866 g/mol. The highest BCUT2D eigenvalue weighted by Gasteiger charge is 2.03. The van der Waals surface area contributed by atoms with Crippen LogP contribution in [0.15, 0.2) is 206 Å². The Morgan fingerprint density at radius 1 is 0.343 bits per heavy atom. The molecule has 0 atom stereocenters. The molecule has 0 fully saturated rings. The van der Waals surface area contributed by atoms with Crippen molar-refractivity contribution in [2.24, 2.45) is 0 Å². The fourth-order valence-electron chi connectivity index (χ4n) is 6.66. The first-order chi connectivity index (χ1) is 32.7. The second-order valence-corrected chi connectivity index (χ2v) is 15.9. The number of aryl methyl sites for hydroxylation is 2. The first-order valence-electron chi connectivity index (χ1n) is 23.1. The molecule has 0 aromatic heterocycles. The van der Waals surface area contributed by atoms with E-state index in [2.05, 4.69) is 207 Å². The second-order valence-electron chi connectivity index (χ2n) is 15.9. The van der Waals surface area contributed by atoms with E-state index in [9.17, 15) is 0 Å². The Hall–Kier alpha value is -8.08. The van der Waals surface area contributed by atoms with Gasteiger partial charge in [-0.25, -0.2) is 0 Å². The van der Waals surface area contributed by atoms with Gasteiger partial charge in [0.1, 0.15) is 0 Å². The molecule has 0 radical (unpaired) electrons. The summed E-state index contributed by atoms with van der Waals surface area (Å²) in [6, 6.07) is 52.1. The van der Waals surface area contributed by atoms with Gasteiger partial charge >= 0.3 is 0 Å². The molecule has 0 aliphatic rings. The van der Waals surface area contributed by atoms with Crippen molar-refractivity contribution in [2.75, 3.05) is 0 Å². The maximum Gasteiger partial charge on any atom is 0.0273 e. The Kier molecular flexibility index (Phi) is 20.3. The Bertz CT molecular complexity index is 3060. The van der Waals surface area contributed by atoms with Crippen molar-refractivity contribution in [3.63, 3.8) is 0 Å². The van der Waals surface area contributed by atoms with Gasteiger partial charge in [0.15, 0.2) is 0 Å². The smallest absolute Gasteiger partial charge is 0.0273 e. The van der Waals surface area contributed by atoms with Crippen LogP contribution in [-0.2, 0) is 0 Å². The number of hydrogen-bond acceptors (Lipinski definition) is 0. The molecular weight excluding hydrogens is 805 g/mol. The van der Waals surface area contributed by atoms with Crippen LogP contribution in [0, 0.1) is 49.4 Å². The highest BCUT2D eigenvalue weighted by Crippen LogP contribution is 2.28. The predicted octanol–water partition coefficient (Wildman–Crippen LogP) is 18.1. The van der Waals surface area contributed by atoms with Crippen LogP contribution in [0.2, 0.25) is 0 Å². The summed E-state index contributed by atoms with van der Waals surface area (Å²) >= 11 is 0. The van der Waals surface area contributed by atoms with Gasteiger partial charge in [0.05, 0.1) is 0 Å². The Morgan fingerprint density at radius 3 is 1.10 bits per heavy atom. The van der Waals surface area contributed by atoms with Crippen LogP contribution >= 0.6 is 0 Å². The number of hydrogen-bond donors (Lipinski definition) is 0. The maximum absolute atomic E-state index is 3.33. The van der Waals surface area contributed by atoms with Crippen LogP contribution in [0.4, 0.5) is 0 Å². The Labute approximate surface area is 401 Å². The molecule has 0 spiro atoms.